The van der Waals surface area contributed by atoms with Crippen molar-refractivity contribution in [1.29, 1.82) is 0 Å². The smallest absolute Gasteiger partial charge is 0.256 e. The van der Waals surface area contributed by atoms with E-state index in [0.29, 0.717) is 31.9 Å². The molecule has 0 radical (unpaired) electrons. The summed E-state index contributed by atoms with van der Waals surface area (Å²) in [5.74, 6) is -0.515. The highest BCUT2D eigenvalue weighted by Gasteiger charge is 2.43. The molecule has 1 fully saturated rings. The van der Waals surface area contributed by atoms with E-state index in [2.05, 4.69) is 38.2 Å². The molecule has 1 atom stereocenters. The number of nitrogens with zero attached hydrogens (tertiary/aromatic N) is 1. The number of carbonyl (C=O) groups is 1. The van der Waals surface area contributed by atoms with Crippen LogP contribution in [-0.4, -0.2) is 42.6 Å². The van der Waals surface area contributed by atoms with E-state index in [-0.39, 0.29) is 17.3 Å². The zero-order valence-corrected chi connectivity index (χ0v) is 16.7. The molecule has 0 saturated carbocycles. The molecule has 1 unspecified atom stereocenters. The van der Waals surface area contributed by atoms with Gasteiger partial charge >= 0.3 is 0 Å². The number of hydrogen-bond donors (Lipinski definition) is 1. The minimum absolute atomic E-state index is 0.139. The highest BCUT2D eigenvalue weighted by Crippen LogP contribution is 2.48. The van der Waals surface area contributed by atoms with Gasteiger partial charge in [-0.25, -0.2) is 4.39 Å². The Hall–Kier alpha value is -2.40. The van der Waals surface area contributed by atoms with Gasteiger partial charge in [0.2, 0.25) is 0 Å². The summed E-state index contributed by atoms with van der Waals surface area (Å²) < 4.78 is 20.1. The number of ether oxygens (including phenoxy) is 1. The van der Waals surface area contributed by atoms with Crippen molar-refractivity contribution in [3.63, 3.8) is 0 Å². The van der Waals surface area contributed by atoms with E-state index in [1.165, 1.54) is 6.07 Å². The number of anilines is 1. The first kappa shape index (κ1) is 18.9. The standard InChI is InChI=1S/C23H27FN2O2/c1-22(2)15-23(3,16-7-5-4-6-8-16)19-14-17(24)13-18(20(19)25-22)21(27)26-9-11-28-12-10-26/h4-8,13-14,25H,9-12,15H2,1-3H3. The number of benzene rings is 2. The highest BCUT2D eigenvalue weighted by molar-refractivity contribution is 6.01. The van der Waals surface area contributed by atoms with E-state index in [9.17, 15) is 9.18 Å². The van der Waals surface area contributed by atoms with Crippen molar-refractivity contribution in [2.45, 2.75) is 38.1 Å². The summed E-state index contributed by atoms with van der Waals surface area (Å²) in [5, 5.41) is 3.53. The number of nitrogens with one attached hydrogen (secondary N) is 1. The maximum atomic E-state index is 14.7. The Morgan fingerprint density at radius 2 is 1.79 bits per heavy atom. The lowest BCUT2D eigenvalue weighted by Gasteiger charge is -2.46. The average Bonchev–Trinajstić information content (AvgIpc) is 2.68. The summed E-state index contributed by atoms with van der Waals surface area (Å²) in [5.41, 5.74) is 2.49. The lowest BCUT2D eigenvalue weighted by Crippen LogP contribution is -2.47. The van der Waals surface area contributed by atoms with Gasteiger partial charge in [0, 0.05) is 24.0 Å². The van der Waals surface area contributed by atoms with Crippen LogP contribution >= 0.6 is 0 Å². The van der Waals surface area contributed by atoms with Gasteiger partial charge in [-0.15, -0.1) is 0 Å². The van der Waals surface area contributed by atoms with E-state index < -0.39 is 5.41 Å². The van der Waals surface area contributed by atoms with Crippen LogP contribution in [-0.2, 0) is 10.2 Å². The van der Waals surface area contributed by atoms with Gasteiger partial charge in [0.15, 0.2) is 0 Å². The zero-order valence-electron chi connectivity index (χ0n) is 16.7. The van der Waals surface area contributed by atoms with E-state index in [0.717, 1.165) is 23.2 Å². The quantitative estimate of drug-likeness (QED) is 0.846. The first-order valence-corrected chi connectivity index (χ1v) is 9.85. The molecule has 2 heterocycles. The normalized spacial score (nSPS) is 23.6. The third-order valence-corrected chi connectivity index (χ3v) is 5.90. The first-order chi connectivity index (χ1) is 13.3. The fourth-order valence-corrected chi connectivity index (χ4v) is 4.71. The summed E-state index contributed by atoms with van der Waals surface area (Å²) in [6, 6.07) is 13.1. The van der Waals surface area contributed by atoms with Gasteiger partial charge in [0.05, 0.1) is 24.5 Å². The molecule has 0 bridgehead atoms. The predicted molar refractivity (Wildman–Crippen MR) is 108 cm³/mol. The van der Waals surface area contributed by atoms with E-state index >= 15 is 0 Å². The summed E-state index contributed by atoms with van der Waals surface area (Å²) in [6.45, 7) is 8.50. The number of carbonyl (C=O) groups excluding carboxylic acids is 1. The van der Waals surface area contributed by atoms with Crippen molar-refractivity contribution in [3.8, 4) is 0 Å². The number of rotatable bonds is 2. The number of hydrogen-bond acceptors (Lipinski definition) is 3. The van der Waals surface area contributed by atoms with Gasteiger partial charge in [-0.3, -0.25) is 4.79 Å². The Morgan fingerprint density at radius 1 is 1.11 bits per heavy atom. The Balaban J connectivity index is 1.88. The molecule has 0 spiro atoms. The fraction of sp³-hybridized carbons (Fsp3) is 0.435. The SMILES string of the molecule is CC1(C)CC(C)(c2ccccc2)c2cc(F)cc(C(=O)N3CCOCC3)c2N1. The Morgan fingerprint density at radius 3 is 2.46 bits per heavy atom. The van der Waals surface area contributed by atoms with Gasteiger partial charge in [-0.05, 0) is 43.5 Å². The largest absolute Gasteiger partial charge is 0.379 e. The van der Waals surface area contributed by atoms with Crippen LogP contribution in [0.25, 0.3) is 0 Å². The molecule has 0 aliphatic carbocycles. The maximum absolute atomic E-state index is 14.7. The van der Waals surface area contributed by atoms with E-state index in [1.54, 1.807) is 11.0 Å². The molecular weight excluding hydrogens is 355 g/mol. The van der Waals surface area contributed by atoms with Crippen molar-refractivity contribution >= 4 is 11.6 Å². The second kappa shape index (κ2) is 6.89. The third kappa shape index (κ3) is 3.28. The molecule has 2 aromatic carbocycles. The van der Waals surface area contributed by atoms with E-state index in [4.69, 9.17) is 4.74 Å². The fourth-order valence-electron chi connectivity index (χ4n) is 4.71. The second-order valence-electron chi connectivity index (χ2n) is 8.66. The van der Waals surface area contributed by atoms with Gasteiger partial charge < -0.3 is 15.0 Å². The summed E-state index contributed by atoms with van der Waals surface area (Å²) in [4.78, 5) is 15.0. The van der Waals surface area contributed by atoms with Gasteiger partial charge in [0.1, 0.15) is 5.82 Å². The molecule has 1 N–H and O–H groups in total. The molecule has 2 aliphatic rings. The predicted octanol–water partition coefficient (Wildman–Crippen LogP) is 4.20. The molecule has 1 saturated heterocycles. The summed E-state index contributed by atoms with van der Waals surface area (Å²) in [6.07, 6.45) is 0.797. The van der Waals surface area contributed by atoms with Crippen LogP contribution < -0.4 is 5.32 Å². The summed E-state index contributed by atoms with van der Waals surface area (Å²) >= 11 is 0. The van der Waals surface area contributed by atoms with E-state index in [1.807, 2.05) is 18.2 Å². The molecule has 4 nitrogen and oxygen atoms in total. The van der Waals surface area contributed by atoms with Crippen LogP contribution in [0, 0.1) is 5.82 Å². The molecule has 4 rings (SSSR count). The molecule has 148 valence electrons. The van der Waals surface area contributed by atoms with Crippen LogP contribution in [0.4, 0.5) is 10.1 Å². The van der Waals surface area contributed by atoms with Crippen LogP contribution in [0.3, 0.4) is 0 Å². The second-order valence-corrected chi connectivity index (χ2v) is 8.66. The average molecular weight is 382 g/mol. The number of fused-ring (bicyclic) bond motifs is 1. The molecular formula is C23H27FN2O2. The zero-order chi connectivity index (χ0) is 19.9. The van der Waals surface area contributed by atoms with Crippen LogP contribution in [0.5, 0.6) is 0 Å². The molecule has 2 aliphatic heterocycles. The Labute approximate surface area is 165 Å². The van der Waals surface area contributed by atoms with Crippen molar-refractivity contribution in [2.75, 3.05) is 31.6 Å². The first-order valence-electron chi connectivity index (χ1n) is 9.85. The number of amides is 1. The van der Waals surface area contributed by atoms with Crippen molar-refractivity contribution in [3.05, 3.63) is 65.0 Å². The van der Waals surface area contributed by atoms with Crippen molar-refractivity contribution in [1.82, 2.24) is 4.90 Å². The molecule has 5 heteroatoms. The van der Waals surface area contributed by atoms with Gasteiger partial charge in [-0.2, -0.15) is 0 Å². The molecule has 0 aromatic heterocycles. The lowest BCUT2D eigenvalue weighted by atomic mass is 9.65. The number of halogens is 1. The minimum atomic E-state index is -0.395. The summed E-state index contributed by atoms with van der Waals surface area (Å²) in [7, 11) is 0. The monoisotopic (exact) mass is 382 g/mol. The maximum Gasteiger partial charge on any atom is 0.256 e. The van der Waals surface area contributed by atoms with Crippen LogP contribution in [0.15, 0.2) is 42.5 Å². The third-order valence-electron chi connectivity index (χ3n) is 5.90. The minimum Gasteiger partial charge on any atom is -0.379 e. The van der Waals surface area contributed by atoms with Gasteiger partial charge in [0.25, 0.3) is 5.91 Å². The van der Waals surface area contributed by atoms with Gasteiger partial charge in [-0.1, -0.05) is 37.3 Å². The molecule has 1 amide bonds. The van der Waals surface area contributed by atoms with Crippen LogP contribution in [0.1, 0.15) is 48.7 Å². The Kier molecular flexibility index (Phi) is 4.66. The molecule has 2 aromatic rings. The van der Waals surface area contributed by atoms with Crippen molar-refractivity contribution in [2.24, 2.45) is 0 Å². The lowest BCUT2D eigenvalue weighted by molar-refractivity contribution is 0.0303. The van der Waals surface area contributed by atoms with Crippen LogP contribution in [0.2, 0.25) is 0 Å². The highest BCUT2D eigenvalue weighted by atomic mass is 19.1. The topological polar surface area (TPSA) is 41.6 Å². The Bertz CT molecular complexity index is 891. The molecule has 28 heavy (non-hydrogen) atoms. The van der Waals surface area contributed by atoms with Crippen molar-refractivity contribution < 1.29 is 13.9 Å². The number of morpholine rings is 1.